The minimum atomic E-state index is -0.562. The lowest BCUT2D eigenvalue weighted by Gasteiger charge is -2.05. The van der Waals surface area contributed by atoms with Crippen molar-refractivity contribution in [1.29, 1.82) is 0 Å². The zero-order valence-corrected chi connectivity index (χ0v) is 10.3. The smallest absolute Gasteiger partial charge is 0.289 e. The van der Waals surface area contributed by atoms with Gasteiger partial charge in [0.1, 0.15) is 5.02 Å². The standard InChI is InChI=1S/C10H10Cl2N2O2/c1-13(2)4-3-7-5-9(12)10(14(15)16)6-8(7)11/h3-6H,1-2H3. The number of hydrogen-bond donors (Lipinski definition) is 0. The van der Waals surface area contributed by atoms with Crippen LogP contribution in [0.4, 0.5) is 5.69 Å². The lowest BCUT2D eigenvalue weighted by molar-refractivity contribution is -0.384. The molecule has 0 radical (unpaired) electrons. The minimum Gasteiger partial charge on any atom is -0.383 e. The topological polar surface area (TPSA) is 46.4 Å². The highest BCUT2D eigenvalue weighted by molar-refractivity contribution is 6.35. The Morgan fingerprint density at radius 2 is 1.94 bits per heavy atom. The zero-order valence-electron chi connectivity index (χ0n) is 8.78. The Hall–Kier alpha value is -1.26. The molecule has 0 N–H and O–H groups in total. The summed E-state index contributed by atoms with van der Waals surface area (Å²) >= 11 is 11.7. The fourth-order valence-electron chi connectivity index (χ4n) is 1.05. The van der Waals surface area contributed by atoms with Gasteiger partial charge in [0.15, 0.2) is 0 Å². The quantitative estimate of drug-likeness (QED) is 0.618. The summed E-state index contributed by atoms with van der Waals surface area (Å²) in [6, 6.07) is 2.72. The molecular weight excluding hydrogens is 251 g/mol. The fourth-order valence-corrected chi connectivity index (χ4v) is 1.51. The van der Waals surface area contributed by atoms with Gasteiger partial charge in [-0.05, 0) is 23.9 Å². The van der Waals surface area contributed by atoms with E-state index in [-0.39, 0.29) is 10.7 Å². The Morgan fingerprint density at radius 1 is 1.31 bits per heavy atom. The maximum Gasteiger partial charge on any atom is 0.289 e. The van der Waals surface area contributed by atoms with Crippen molar-refractivity contribution in [3.8, 4) is 0 Å². The van der Waals surface area contributed by atoms with Crippen molar-refractivity contribution in [2.24, 2.45) is 0 Å². The van der Waals surface area contributed by atoms with E-state index in [1.165, 1.54) is 12.1 Å². The summed E-state index contributed by atoms with van der Waals surface area (Å²) in [5.41, 5.74) is 0.458. The first-order valence-corrected chi connectivity index (χ1v) is 5.15. The number of hydrogen-bond acceptors (Lipinski definition) is 3. The predicted octanol–water partition coefficient (Wildman–Crippen LogP) is 3.43. The minimum absolute atomic E-state index is 0.0767. The van der Waals surface area contributed by atoms with Gasteiger partial charge in [-0.3, -0.25) is 10.1 Å². The number of benzene rings is 1. The Morgan fingerprint density at radius 3 is 2.44 bits per heavy atom. The summed E-state index contributed by atoms with van der Waals surface area (Å²) in [6.45, 7) is 0. The van der Waals surface area contributed by atoms with Crippen LogP contribution in [0.15, 0.2) is 18.3 Å². The van der Waals surface area contributed by atoms with E-state index in [0.29, 0.717) is 10.6 Å². The van der Waals surface area contributed by atoms with E-state index < -0.39 is 4.92 Å². The van der Waals surface area contributed by atoms with Gasteiger partial charge in [-0.25, -0.2) is 0 Å². The van der Waals surface area contributed by atoms with Gasteiger partial charge < -0.3 is 4.90 Å². The monoisotopic (exact) mass is 260 g/mol. The highest BCUT2D eigenvalue weighted by Crippen LogP contribution is 2.31. The molecule has 16 heavy (non-hydrogen) atoms. The van der Waals surface area contributed by atoms with Crippen LogP contribution in [0.5, 0.6) is 0 Å². The van der Waals surface area contributed by atoms with Crippen LogP contribution in [0.25, 0.3) is 6.08 Å². The average Bonchev–Trinajstić information content (AvgIpc) is 2.18. The van der Waals surface area contributed by atoms with Crippen molar-refractivity contribution in [3.05, 3.63) is 44.1 Å². The highest BCUT2D eigenvalue weighted by Gasteiger charge is 2.14. The van der Waals surface area contributed by atoms with Crippen LogP contribution in [0.3, 0.4) is 0 Å². The normalized spacial score (nSPS) is 10.8. The van der Waals surface area contributed by atoms with Crippen LogP contribution in [-0.2, 0) is 0 Å². The van der Waals surface area contributed by atoms with E-state index in [9.17, 15) is 10.1 Å². The molecule has 0 bridgehead atoms. The van der Waals surface area contributed by atoms with Gasteiger partial charge in [-0.1, -0.05) is 23.2 Å². The third-order valence-corrected chi connectivity index (χ3v) is 2.45. The molecule has 0 aliphatic carbocycles. The molecule has 1 aromatic rings. The number of halogens is 2. The van der Waals surface area contributed by atoms with Crippen LogP contribution >= 0.6 is 23.2 Å². The van der Waals surface area contributed by atoms with Crippen LogP contribution in [0.1, 0.15) is 5.56 Å². The number of rotatable bonds is 3. The van der Waals surface area contributed by atoms with Gasteiger partial charge in [0.2, 0.25) is 0 Å². The summed E-state index contributed by atoms with van der Waals surface area (Å²) in [5, 5.41) is 11.0. The molecule has 1 rings (SSSR count). The molecule has 0 spiro atoms. The van der Waals surface area contributed by atoms with Gasteiger partial charge in [-0.2, -0.15) is 0 Å². The molecule has 1 aromatic carbocycles. The largest absolute Gasteiger partial charge is 0.383 e. The van der Waals surface area contributed by atoms with Gasteiger partial charge in [0.25, 0.3) is 5.69 Å². The van der Waals surface area contributed by atoms with Crippen molar-refractivity contribution in [3.63, 3.8) is 0 Å². The lowest BCUT2D eigenvalue weighted by Crippen LogP contribution is -1.99. The van der Waals surface area contributed by atoms with Gasteiger partial charge in [-0.15, -0.1) is 0 Å². The van der Waals surface area contributed by atoms with Crippen LogP contribution < -0.4 is 0 Å². The molecule has 0 fully saturated rings. The Balaban J connectivity index is 3.15. The van der Waals surface area contributed by atoms with E-state index in [1.807, 2.05) is 19.0 Å². The molecule has 0 aliphatic rings. The fraction of sp³-hybridized carbons (Fsp3) is 0.200. The molecule has 0 aromatic heterocycles. The molecule has 86 valence electrons. The number of nitrogens with zero attached hydrogens (tertiary/aromatic N) is 2. The van der Waals surface area contributed by atoms with Crippen molar-refractivity contribution < 1.29 is 4.92 Å². The van der Waals surface area contributed by atoms with Gasteiger partial charge >= 0.3 is 0 Å². The van der Waals surface area contributed by atoms with E-state index in [4.69, 9.17) is 23.2 Å². The van der Waals surface area contributed by atoms with Gasteiger partial charge in [0, 0.05) is 20.2 Å². The molecule has 0 aliphatic heterocycles. The zero-order chi connectivity index (χ0) is 12.3. The second-order valence-corrected chi connectivity index (χ2v) is 4.18. The molecule has 0 amide bonds. The Bertz CT molecular complexity index is 445. The summed E-state index contributed by atoms with van der Waals surface area (Å²) in [6.07, 6.45) is 3.52. The van der Waals surface area contributed by atoms with Crippen LogP contribution in [-0.4, -0.2) is 23.9 Å². The first-order valence-electron chi connectivity index (χ1n) is 4.40. The number of nitro groups is 1. The SMILES string of the molecule is CN(C)C=Cc1cc(Cl)c([N+](=O)[O-])cc1Cl. The maximum atomic E-state index is 10.6. The van der Waals surface area contributed by atoms with E-state index in [1.54, 1.807) is 12.3 Å². The van der Waals surface area contributed by atoms with E-state index in [0.717, 1.165) is 0 Å². The van der Waals surface area contributed by atoms with Crippen molar-refractivity contribution in [2.45, 2.75) is 0 Å². The third kappa shape index (κ3) is 3.12. The molecule has 6 heteroatoms. The molecule has 0 saturated heterocycles. The van der Waals surface area contributed by atoms with E-state index >= 15 is 0 Å². The second-order valence-electron chi connectivity index (χ2n) is 3.36. The third-order valence-electron chi connectivity index (χ3n) is 1.82. The Kier molecular flexibility index (Phi) is 4.15. The van der Waals surface area contributed by atoms with Crippen LogP contribution in [0, 0.1) is 10.1 Å². The number of nitro benzene ring substituents is 1. The second kappa shape index (κ2) is 5.18. The molecular formula is C10H10Cl2N2O2. The first-order chi connectivity index (χ1) is 7.41. The van der Waals surface area contributed by atoms with Gasteiger partial charge in [0.05, 0.1) is 9.95 Å². The van der Waals surface area contributed by atoms with Crippen molar-refractivity contribution in [2.75, 3.05) is 14.1 Å². The first kappa shape index (κ1) is 12.8. The summed E-state index contributed by atoms with van der Waals surface area (Å²) in [7, 11) is 3.72. The summed E-state index contributed by atoms with van der Waals surface area (Å²) in [5.74, 6) is 0. The molecule has 0 saturated carbocycles. The molecule has 4 nitrogen and oxygen atoms in total. The van der Waals surface area contributed by atoms with E-state index in [2.05, 4.69) is 0 Å². The molecule has 0 atom stereocenters. The molecule has 0 heterocycles. The molecule has 0 unspecified atom stereocenters. The average molecular weight is 261 g/mol. The van der Waals surface area contributed by atoms with Crippen molar-refractivity contribution in [1.82, 2.24) is 4.90 Å². The van der Waals surface area contributed by atoms with Crippen LogP contribution in [0.2, 0.25) is 10.0 Å². The predicted molar refractivity (Wildman–Crippen MR) is 65.8 cm³/mol. The highest BCUT2D eigenvalue weighted by atomic mass is 35.5. The summed E-state index contributed by atoms with van der Waals surface area (Å²) < 4.78 is 0. The lowest BCUT2D eigenvalue weighted by atomic mass is 10.2. The van der Waals surface area contributed by atoms with Crippen molar-refractivity contribution >= 4 is 35.0 Å². The Labute approximate surface area is 103 Å². The maximum absolute atomic E-state index is 10.6. The summed E-state index contributed by atoms with van der Waals surface area (Å²) in [4.78, 5) is 11.9.